The SMILES string of the molecule is Cc1cc(Oc2ccc3c(c2)CC(N)C(=O)N3O)ccn1. The number of nitrogens with zero attached hydrogens (tertiary/aromatic N) is 2. The molecule has 0 bridgehead atoms. The zero-order valence-corrected chi connectivity index (χ0v) is 11.5. The average Bonchev–Trinajstić information content (AvgIpc) is 2.45. The lowest BCUT2D eigenvalue weighted by atomic mass is 9.99. The Labute approximate surface area is 121 Å². The summed E-state index contributed by atoms with van der Waals surface area (Å²) in [6.45, 7) is 1.88. The first-order valence-electron chi connectivity index (χ1n) is 6.56. The van der Waals surface area contributed by atoms with Gasteiger partial charge in [0.1, 0.15) is 11.5 Å². The van der Waals surface area contributed by atoms with Gasteiger partial charge in [-0.2, -0.15) is 5.06 Å². The van der Waals surface area contributed by atoms with Crippen molar-refractivity contribution in [1.82, 2.24) is 4.98 Å². The molecule has 0 saturated carbocycles. The first kappa shape index (κ1) is 13.5. The van der Waals surface area contributed by atoms with E-state index in [0.29, 0.717) is 28.7 Å². The lowest BCUT2D eigenvalue weighted by Crippen LogP contribution is -2.47. The number of pyridine rings is 1. The van der Waals surface area contributed by atoms with Crippen LogP contribution in [-0.4, -0.2) is 22.1 Å². The summed E-state index contributed by atoms with van der Waals surface area (Å²) in [5, 5.41) is 10.4. The van der Waals surface area contributed by atoms with E-state index in [2.05, 4.69) is 4.98 Å². The molecule has 6 nitrogen and oxygen atoms in total. The normalized spacial score (nSPS) is 17.6. The van der Waals surface area contributed by atoms with E-state index >= 15 is 0 Å². The van der Waals surface area contributed by atoms with Gasteiger partial charge in [-0.25, -0.2) is 0 Å². The molecular formula is C15H15N3O3. The van der Waals surface area contributed by atoms with Crippen molar-refractivity contribution in [2.24, 2.45) is 5.73 Å². The Morgan fingerprint density at radius 1 is 1.33 bits per heavy atom. The molecule has 1 aromatic carbocycles. The monoisotopic (exact) mass is 285 g/mol. The Bertz CT molecular complexity index is 702. The lowest BCUT2D eigenvalue weighted by Gasteiger charge is -2.27. The molecule has 2 heterocycles. The fraction of sp³-hybridized carbons (Fsp3) is 0.200. The van der Waals surface area contributed by atoms with Crippen molar-refractivity contribution in [1.29, 1.82) is 0 Å². The van der Waals surface area contributed by atoms with Gasteiger partial charge < -0.3 is 10.5 Å². The number of hydrogen-bond acceptors (Lipinski definition) is 5. The van der Waals surface area contributed by atoms with E-state index in [4.69, 9.17) is 10.5 Å². The van der Waals surface area contributed by atoms with E-state index in [0.717, 1.165) is 11.3 Å². The minimum Gasteiger partial charge on any atom is -0.457 e. The molecule has 3 N–H and O–H groups in total. The van der Waals surface area contributed by atoms with Crippen LogP contribution in [0.2, 0.25) is 0 Å². The third-order valence-electron chi connectivity index (χ3n) is 3.35. The predicted molar refractivity (Wildman–Crippen MR) is 76.4 cm³/mol. The summed E-state index contributed by atoms with van der Waals surface area (Å²) in [6, 6.07) is 7.97. The van der Waals surface area contributed by atoms with Crippen molar-refractivity contribution >= 4 is 11.6 Å². The number of rotatable bonds is 2. The van der Waals surface area contributed by atoms with Gasteiger partial charge in [0.05, 0.1) is 11.7 Å². The number of hydroxylamine groups is 1. The van der Waals surface area contributed by atoms with Gasteiger partial charge >= 0.3 is 0 Å². The number of carbonyl (C=O) groups excluding carboxylic acids is 1. The number of aromatic nitrogens is 1. The maximum atomic E-state index is 11.6. The maximum absolute atomic E-state index is 11.6. The molecule has 1 unspecified atom stereocenters. The van der Waals surface area contributed by atoms with Gasteiger partial charge in [0.15, 0.2) is 0 Å². The largest absolute Gasteiger partial charge is 0.457 e. The van der Waals surface area contributed by atoms with E-state index < -0.39 is 11.9 Å². The second kappa shape index (κ2) is 5.16. The topological polar surface area (TPSA) is 88.7 Å². The third kappa shape index (κ3) is 2.58. The highest BCUT2D eigenvalue weighted by Crippen LogP contribution is 2.31. The molecule has 6 heteroatoms. The summed E-state index contributed by atoms with van der Waals surface area (Å²) < 4.78 is 5.76. The van der Waals surface area contributed by atoms with E-state index in [1.165, 1.54) is 0 Å². The molecule has 0 saturated heterocycles. The van der Waals surface area contributed by atoms with Gasteiger partial charge in [-0.1, -0.05) is 0 Å². The summed E-state index contributed by atoms with van der Waals surface area (Å²) in [4.78, 5) is 15.7. The van der Waals surface area contributed by atoms with Crippen LogP contribution in [0, 0.1) is 6.92 Å². The Morgan fingerprint density at radius 3 is 2.86 bits per heavy atom. The molecule has 1 atom stereocenters. The molecule has 0 radical (unpaired) electrons. The van der Waals surface area contributed by atoms with Gasteiger partial charge in [0.25, 0.3) is 5.91 Å². The molecule has 0 spiro atoms. The first-order valence-corrected chi connectivity index (χ1v) is 6.56. The maximum Gasteiger partial charge on any atom is 0.267 e. The molecular weight excluding hydrogens is 270 g/mol. The van der Waals surface area contributed by atoms with Crippen molar-refractivity contribution in [2.75, 3.05) is 5.06 Å². The van der Waals surface area contributed by atoms with Crippen LogP contribution >= 0.6 is 0 Å². The Morgan fingerprint density at radius 2 is 2.10 bits per heavy atom. The van der Waals surface area contributed by atoms with Crippen molar-refractivity contribution < 1.29 is 14.7 Å². The number of fused-ring (bicyclic) bond motifs is 1. The number of benzene rings is 1. The van der Waals surface area contributed by atoms with E-state index in [-0.39, 0.29) is 0 Å². The van der Waals surface area contributed by atoms with E-state index in [9.17, 15) is 10.0 Å². The number of carbonyl (C=O) groups is 1. The van der Waals surface area contributed by atoms with Crippen LogP contribution in [0.1, 0.15) is 11.3 Å². The highest BCUT2D eigenvalue weighted by molar-refractivity contribution is 5.98. The van der Waals surface area contributed by atoms with Gasteiger partial charge in [0.2, 0.25) is 0 Å². The molecule has 0 fully saturated rings. The van der Waals surface area contributed by atoms with Crippen LogP contribution in [-0.2, 0) is 11.2 Å². The van der Waals surface area contributed by atoms with Crippen LogP contribution in [0.3, 0.4) is 0 Å². The summed E-state index contributed by atoms with van der Waals surface area (Å²) in [5.41, 5.74) is 7.78. The van der Waals surface area contributed by atoms with Crippen LogP contribution in [0.25, 0.3) is 0 Å². The summed E-state index contributed by atoms with van der Waals surface area (Å²) in [7, 11) is 0. The van der Waals surface area contributed by atoms with Gasteiger partial charge in [-0.15, -0.1) is 0 Å². The van der Waals surface area contributed by atoms with Gasteiger partial charge in [-0.3, -0.25) is 15.0 Å². The zero-order chi connectivity index (χ0) is 15.0. The fourth-order valence-electron chi connectivity index (χ4n) is 2.31. The molecule has 2 aromatic rings. The second-order valence-corrected chi connectivity index (χ2v) is 4.99. The number of hydrogen-bond donors (Lipinski definition) is 2. The van der Waals surface area contributed by atoms with Gasteiger partial charge in [0, 0.05) is 18.0 Å². The van der Waals surface area contributed by atoms with Crippen molar-refractivity contribution in [3.8, 4) is 11.5 Å². The summed E-state index contributed by atoms with van der Waals surface area (Å²) in [5.74, 6) is 0.801. The van der Waals surface area contributed by atoms with Crippen LogP contribution in [0.15, 0.2) is 36.5 Å². The summed E-state index contributed by atoms with van der Waals surface area (Å²) in [6.07, 6.45) is 2.05. The van der Waals surface area contributed by atoms with Gasteiger partial charge in [-0.05, 0) is 43.2 Å². The predicted octanol–water partition coefficient (Wildman–Crippen LogP) is 1.79. The van der Waals surface area contributed by atoms with Crippen LogP contribution < -0.4 is 15.5 Å². The number of aryl methyl sites for hydroxylation is 1. The van der Waals surface area contributed by atoms with Crippen LogP contribution in [0.5, 0.6) is 11.5 Å². The minimum atomic E-state index is -0.735. The number of nitrogens with two attached hydrogens (primary N) is 1. The first-order chi connectivity index (χ1) is 10.0. The Hall–Kier alpha value is -2.44. The van der Waals surface area contributed by atoms with Crippen molar-refractivity contribution in [3.63, 3.8) is 0 Å². The third-order valence-corrected chi connectivity index (χ3v) is 3.35. The molecule has 0 aliphatic carbocycles. The van der Waals surface area contributed by atoms with Crippen molar-refractivity contribution in [3.05, 3.63) is 47.8 Å². The highest BCUT2D eigenvalue weighted by atomic mass is 16.5. The molecule has 21 heavy (non-hydrogen) atoms. The average molecular weight is 285 g/mol. The molecule has 3 rings (SSSR count). The van der Waals surface area contributed by atoms with Crippen LogP contribution in [0.4, 0.5) is 5.69 Å². The molecule has 1 amide bonds. The summed E-state index contributed by atoms with van der Waals surface area (Å²) >= 11 is 0. The quantitative estimate of drug-likeness (QED) is 0.821. The minimum absolute atomic E-state index is 0.373. The number of ether oxygens (including phenoxy) is 1. The molecule has 108 valence electrons. The fourth-order valence-corrected chi connectivity index (χ4v) is 2.31. The lowest BCUT2D eigenvalue weighted by molar-refractivity contribution is -0.125. The zero-order valence-electron chi connectivity index (χ0n) is 11.5. The number of anilines is 1. The molecule has 1 aliphatic heterocycles. The van der Waals surface area contributed by atoms with E-state index in [1.54, 1.807) is 30.5 Å². The Kier molecular flexibility index (Phi) is 3.32. The Balaban J connectivity index is 1.90. The van der Waals surface area contributed by atoms with E-state index in [1.807, 2.05) is 13.0 Å². The van der Waals surface area contributed by atoms with Crippen molar-refractivity contribution in [2.45, 2.75) is 19.4 Å². The second-order valence-electron chi connectivity index (χ2n) is 4.99. The smallest absolute Gasteiger partial charge is 0.267 e. The molecule has 1 aliphatic rings. The number of amides is 1. The molecule has 1 aromatic heterocycles. The highest BCUT2D eigenvalue weighted by Gasteiger charge is 2.29. The standard InChI is InChI=1S/C15H15N3O3/c1-9-6-12(4-5-17-9)21-11-2-3-14-10(7-11)8-13(16)15(19)18(14)20/h2-7,13,20H,8,16H2,1H3.